The van der Waals surface area contributed by atoms with Crippen molar-refractivity contribution < 1.29 is 0 Å². The molecule has 0 amide bonds. The van der Waals surface area contributed by atoms with Crippen molar-refractivity contribution in [3.63, 3.8) is 0 Å². The Morgan fingerprint density at radius 3 is 2.46 bits per heavy atom. The van der Waals surface area contributed by atoms with Crippen molar-refractivity contribution in [2.45, 2.75) is 19.8 Å². The van der Waals surface area contributed by atoms with Crippen molar-refractivity contribution in [3.05, 3.63) is 58.1 Å². The molecular weight excluding hydrogens is 352 g/mol. The Balaban J connectivity index is 1.50. The third kappa shape index (κ3) is 4.71. The van der Waals surface area contributed by atoms with Crippen LogP contribution in [-0.4, -0.2) is 60.2 Å². The topological polar surface area (TPSA) is 65.8 Å². The minimum atomic E-state index is -0.0486. The van der Waals surface area contributed by atoms with Gasteiger partial charge in [0.1, 0.15) is 0 Å². The van der Waals surface area contributed by atoms with Crippen molar-refractivity contribution in [2.75, 3.05) is 44.7 Å². The summed E-state index contributed by atoms with van der Waals surface area (Å²) in [5.74, 6) is 1.45. The van der Waals surface area contributed by atoms with Gasteiger partial charge in [-0.1, -0.05) is 31.2 Å². The van der Waals surface area contributed by atoms with Gasteiger partial charge in [0.05, 0.1) is 0 Å². The predicted octanol–water partition coefficient (Wildman–Crippen LogP) is 1.28. The SMILES string of the molecule is CCc1ccc(CCNC(=NC)N2CCN(c3nccn(C)c3=O)CC2)cc1. The molecule has 1 N–H and O–H groups in total. The lowest BCUT2D eigenvalue weighted by molar-refractivity contribution is 0.371. The molecule has 0 aliphatic carbocycles. The molecule has 1 aliphatic rings. The normalized spacial score (nSPS) is 15.0. The average Bonchev–Trinajstić information content (AvgIpc) is 2.74. The lowest BCUT2D eigenvalue weighted by atomic mass is 10.1. The van der Waals surface area contributed by atoms with E-state index in [0.29, 0.717) is 5.82 Å². The highest BCUT2D eigenvalue weighted by Gasteiger charge is 2.22. The van der Waals surface area contributed by atoms with Gasteiger partial charge in [0.25, 0.3) is 5.56 Å². The Hall–Kier alpha value is -2.83. The summed E-state index contributed by atoms with van der Waals surface area (Å²) < 4.78 is 1.57. The van der Waals surface area contributed by atoms with Gasteiger partial charge in [-0.3, -0.25) is 9.79 Å². The maximum atomic E-state index is 12.3. The molecule has 0 unspecified atom stereocenters. The first kappa shape index (κ1) is 19.9. The molecule has 1 saturated heterocycles. The highest BCUT2D eigenvalue weighted by atomic mass is 16.1. The highest BCUT2D eigenvalue weighted by molar-refractivity contribution is 5.80. The van der Waals surface area contributed by atoms with Gasteiger partial charge in [-0.2, -0.15) is 0 Å². The molecule has 150 valence electrons. The van der Waals surface area contributed by atoms with E-state index >= 15 is 0 Å². The standard InChI is InChI=1S/C21H30N6O/c1-4-17-5-7-18(8-6-17)9-10-24-21(22-2)27-15-13-26(14-16-27)19-20(28)25(3)12-11-23-19/h5-8,11-12H,4,9-10,13-16H2,1-3H3,(H,22,24). The summed E-state index contributed by atoms with van der Waals surface area (Å²) in [6.07, 6.45) is 5.40. The number of hydrogen-bond donors (Lipinski definition) is 1. The molecule has 0 radical (unpaired) electrons. The lowest BCUT2D eigenvalue weighted by Crippen LogP contribution is -2.53. The van der Waals surface area contributed by atoms with Crippen molar-refractivity contribution >= 4 is 11.8 Å². The monoisotopic (exact) mass is 382 g/mol. The van der Waals surface area contributed by atoms with Gasteiger partial charge >= 0.3 is 0 Å². The fraction of sp³-hybridized carbons (Fsp3) is 0.476. The van der Waals surface area contributed by atoms with Gasteiger partial charge in [-0.25, -0.2) is 4.98 Å². The van der Waals surface area contributed by atoms with Crippen molar-refractivity contribution in [2.24, 2.45) is 12.0 Å². The van der Waals surface area contributed by atoms with Crippen molar-refractivity contribution in [1.82, 2.24) is 19.8 Å². The van der Waals surface area contributed by atoms with Crippen molar-refractivity contribution in [3.8, 4) is 0 Å². The van der Waals surface area contributed by atoms with Crippen LogP contribution in [-0.2, 0) is 19.9 Å². The molecule has 3 rings (SSSR count). The zero-order chi connectivity index (χ0) is 19.9. The second-order valence-electron chi connectivity index (χ2n) is 7.04. The van der Waals surface area contributed by atoms with Crippen LogP contribution in [0.5, 0.6) is 0 Å². The summed E-state index contributed by atoms with van der Waals surface area (Å²) in [4.78, 5) is 25.3. The van der Waals surface area contributed by atoms with Crippen molar-refractivity contribution in [1.29, 1.82) is 0 Å². The molecule has 0 spiro atoms. The van der Waals surface area contributed by atoms with Crippen LogP contribution < -0.4 is 15.8 Å². The molecule has 2 aromatic rings. The summed E-state index contributed by atoms with van der Waals surface area (Å²) in [5, 5.41) is 3.47. The van der Waals surface area contributed by atoms with E-state index in [0.717, 1.165) is 51.5 Å². The number of anilines is 1. The van der Waals surface area contributed by atoms with Gasteiger partial charge in [-0.05, 0) is 24.0 Å². The first-order valence-corrected chi connectivity index (χ1v) is 9.92. The number of piperazine rings is 1. The summed E-state index contributed by atoms with van der Waals surface area (Å²) in [7, 11) is 3.57. The van der Waals surface area contributed by atoms with E-state index in [4.69, 9.17) is 0 Å². The van der Waals surface area contributed by atoms with Crippen LogP contribution in [0.15, 0.2) is 46.4 Å². The van der Waals surface area contributed by atoms with Crippen LogP contribution in [0.3, 0.4) is 0 Å². The van der Waals surface area contributed by atoms with Gasteiger partial charge in [0.15, 0.2) is 11.8 Å². The van der Waals surface area contributed by atoms with Gasteiger partial charge < -0.3 is 19.7 Å². The number of rotatable bonds is 5. The van der Waals surface area contributed by atoms with Gasteiger partial charge in [0, 0.05) is 59.2 Å². The fourth-order valence-corrected chi connectivity index (χ4v) is 3.42. The van der Waals surface area contributed by atoms with Crippen LogP contribution >= 0.6 is 0 Å². The Kier molecular flexibility index (Phi) is 6.68. The van der Waals surface area contributed by atoms with E-state index < -0.39 is 0 Å². The number of nitrogens with one attached hydrogen (secondary N) is 1. The molecule has 0 atom stereocenters. The van der Waals surface area contributed by atoms with Crippen LogP contribution in [0.1, 0.15) is 18.1 Å². The van der Waals surface area contributed by atoms with Crippen LogP contribution in [0.2, 0.25) is 0 Å². The molecule has 1 aliphatic heterocycles. The minimum absolute atomic E-state index is 0.0486. The number of guanidine groups is 1. The Bertz CT molecular complexity index is 850. The quantitative estimate of drug-likeness (QED) is 0.623. The molecule has 7 nitrogen and oxygen atoms in total. The minimum Gasteiger partial charge on any atom is -0.356 e. The second kappa shape index (κ2) is 9.39. The number of aliphatic imine (C=N–C) groups is 1. The van der Waals surface area contributed by atoms with Gasteiger partial charge in [0.2, 0.25) is 0 Å². The summed E-state index contributed by atoms with van der Waals surface area (Å²) >= 11 is 0. The van der Waals surface area contributed by atoms with E-state index in [9.17, 15) is 4.79 Å². The highest BCUT2D eigenvalue weighted by Crippen LogP contribution is 2.09. The first-order chi connectivity index (χ1) is 13.6. The van der Waals surface area contributed by atoms with Gasteiger partial charge in [-0.15, -0.1) is 0 Å². The molecule has 1 aromatic carbocycles. The maximum Gasteiger partial charge on any atom is 0.293 e. The predicted molar refractivity (Wildman–Crippen MR) is 114 cm³/mol. The number of benzene rings is 1. The molecule has 1 fully saturated rings. The third-order valence-electron chi connectivity index (χ3n) is 5.22. The third-order valence-corrected chi connectivity index (χ3v) is 5.22. The molecular formula is C21H30N6O. The number of aryl methyl sites for hydroxylation is 2. The molecule has 1 aromatic heterocycles. The molecule has 28 heavy (non-hydrogen) atoms. The lowest BCUT2D eigenvalue weighted by Gasteiger charge is -2.36. The number of hydrogen-bond acceptors (Lipinski definition) is 4. The molecule has 7 heteroatoms. The number of aromatic nitrogens is 2. The summed E-state index contributed by atoms with van der Waals surface area (Å²) in [6.45, 7) is 6.15. The van der Waals surface area contributed by atoms with E-state index in [1.54, 1.807) is 24.0 Å². The molecule has 0 saturated carbocycles. The molecule has 2 heterocycles. The fourth-order valence-electron chi connectivity index (χ4n) is 3.42. The van der Waals surface area contributed by atoms with Crippen LogP contribution in [0.4, 0.5) is 5.82 Å². The van der Waals surface area contributed by atoms with E-state index in [-0.39, 0.29) is 5.56 Å². The zero-order valence-corrected chi connectivity index (χ0v) is 17.1. The largest absolute Gasteiger partial charge is 0.356 e. The Labute approximate surface area is 166 Å². The Morgan fingerprint density at radius 2 is 1.82 bits per heavy atom. The summed E-state index contributed by atoms with van der Waals surface area (Å²) in [6, 6.07) is 8.81. The van der Waals surface area contributed by atoms with Crippen LogP contribution in [0.25, 0.3) is 0 Å². The van der Waals surface area contributed by atoms with Crippen LogP contribution in [0, 0.1) is 0 Å². The average molecular weight is 383 g/mol. The first-order valence-electron chi connectivity index (χ1n) is 9.92. The Morgan fingerprint density at radius 1 is 1.14 bits per heavy atom. The van der Waals surface area contributed by atoms with E-state index in [1.807, 2.05) is 7.05 Å². The second-order valence-corrected chi connectivity index (χ2v) is 7.04. The zero-order valence-electron chi connectivity index (χ0n) is 17.1. The molecule has 0 bridgehead atoms. The van der Waals surface area contributed by atoms with E-state index in [1.165, 1.54) is 11.1 Å². The maximum absolute atomic E-state index is 12.3. The smallest absolute Gasteiger partial charge is 0.293 e. The number of nitrogens with zero attached hydrogens (tertiary/aromatic N) is 5. The summed E-state index contributed by atoms with van der Waals surface area (Å²) in [5.41, 5.74) is 2.65. The van der Waals surface area contributed by atoms with E-state index in [2.05, 4.69) is 56.3 Å².